The number of halogens is 1. The van der Waals surface area contributed by atoms with E-state index in [2.05, 4.69) is 5.32 Å². The topological polar surface area (TPSA) is 32.3 Å². The molecule has 4 heteroatoms. The molecule has 1 amide bonds. The van der Waals surface area contributed by atoms with E-state index < -0.39 is 0 Å². The van der Waals surface area contributed by atoms with Crippen molar-refractivity contribution < 1.29 is 9.18 Å². The van der Waals surface area contributed by atoms with Crippen LogP contribution in [0.15, 0.2) is 24.3 Å². The van der Waals surface area contributed by atoms with Crippen LogP contribution in [0.5, 0.6) is 0 Å². The van der Waals surface area contributed by atoms with Gasteiger partial charge >= 0.3 is 0 Å². The number of rotatable bonds is 1. The highest BCUT2D eigenvalue weighted by molar-refractivity contribution is 6.00. The maximum atomic E-state index is 13.4. The van der Waals surface area contributed by atoms with Gasteiger partial charge in [0.2, 0.25) is 5.91 Å². The molecule has 2 aliphatic rings. The third kappa shape index (κ3) is 1.86. The molecule has 2 saturated heterocycles. The van der Waals surface area contributed by atoms with Gasteiger partial charge in [0.15, 0.2) is 0 Å². The van der Waals surface area contributed by atoms with E-state index in [1.165, 1.54) is 12.1 Å². The second-order valence-electron chi connectivity index (χ2n) is 6.04. The SMILES string of the molecule is CC1(C)C(=O)N(c2cccc(F)c2)C2CCNCC21. The Bertz CT molecular complexity index is 515. The van der Waals surface area contributed by atoms with E-state index in [0.717, 1.165) is 19.5 Å². The van der Waals surface area contributed by atoms with Crippen LogP contribution in [0.3, 0.4) is 0 Å². The Balaban J connectivity index is 2.03. The molecular formula is C15H19FN2O. The largest absolute Gasteiger partial charge is 0.316 e. The highest BCUT2D eigenvalue weighted by Gasteiger charge is 2.54. The maximum absolute atomic E-state index is 13.4. The number of fused-ring (bicyclic) bond motifs is 1. The predicted octanol–water partition coefficient (Wildman–Crippen LogP) is 2.18. The van der Waals surface area contributed by atoms with E-state index in [1.807, 2.05) is 24.8 Å². The minimum atomic E-state index is -0.385. The highest BCUT2D eigenvalue weighted by Crippen LogP contribution is 2.45. The summed E-state index contributed by atoms with van der Waals surface area (Å²) in [7, 11) is 0. The number of hydrogen-bond acceptors (Lipinski definition) is 2. The van der Waals surface area contributed by atoms with Crippen molar-refractivity contribution in [2.45, 2.75) is 26.3 Å². The first-order chi connectivity index (χ1) is 9.01. The van der Waals surface area contributed by atoms with Crippen LogP contribution < -0.4 is 10.2 Å². The average molecular weight is 262 g/mol. The first-order valence-corrected chi connectivity index (χ1v) is 6.82. The Morgan fingerprint density at radius 3 is 2.95 bits per heavy atom. The second-order valence-corrected chi connectivity index (χ2v) is 6.04. The lowest BCUT2D eigenvalue weighted by Crippen LogP contribution is -2.45. The lowest BCUT2D eigenvalue weighted by Gasteiger charge is -2.33. The third-order valence-electron chi connectivity index (χ3n) is 4.56. The van der Waals surface area contributed by atoms with Gasteiger partial charge in [0.25, 0.3) is 0 Å². The number of piperidine rings is 1. The molecule has 2 aliphatic heterocycles. The van der Waals surface area contributed by atoms with Crippen molar-refractivity contribution in [2.24, 2.45) is 11.3 Å². The minimum absolute atomic E-state index is 0.108. The zero-order valence-corrected chi connectivity index (χ0v) is 11.3. The lowest BCUT2D eigenvalue weighted by molar-refractivity contribution is -0.125. The summed E-state index contributed by atoms with van der Waals surface area (Å²) in [5, 5.41) is 3.36. The molecule has 2 heterocycles. The normalized spacial score (nSPS) is 29.4. The van der Waals surface area contributed by atoms with Crippen LogP contribution in [0.4, 0.5) is 10.1 Å². The summed E-state index contributed by atoms with van der Waals surface area (Å²) in [5.74, 6) is 0.106. The molecule has 19 heavy (non-hydrogen) atoms. The summed E-state index contributed by atoms with van der Waals surface area (Å²) in [6.07, 6.45) is 0.927. The molecule has 1 N–H and O–H groups in total. The average Bonchev–Trinajstić information content (AvgIpc) is 2.58. The zero-order valence-electron chi connectivity index (χ0n) is 11.3. The van der Waals surface area contributed by atoms with Crippen LogP contribution in [-0.4, -0.2) is 25.0 Å². The molecule has 0 saturated carbocycles. The van der Waals surface area contributed by atoms with Gasteiger partial charge in [-0.1, -0.05) is 19.9 Å². The van der Waals surface area contributed by atoms with E-state index in [0.29, 0.717) is 5.69 Å². The number of anilines is 1. The summed E-state index contributed by atoms with van der Waals surface area (Å²) in [4.78, 5) is 14.5. The number of nitrogens with zero attached hydrogens (tertiary/aromatic N) is 1. The number of benzene rings is 1. The molecule has 0 aromatic heterocycles. The molecule has 1 aromatic carbocycles. The Labute approximate surface area is 112 Å². The third-order valence-corrected chi connectivity index (χ3v) is 4.56. The van der Waals surface area contributed by atoms with Crippen molar-refractivity contribution in [3.05, 3.63) is 30.1 Å². The van der Waals surface area contributed by atoms with Crippen LogP contribution in [-0.2, 0) is 4.79 Å². The van der Waals surface area contributed by atoms with E-state index in [1.54, 1.807) is 6.07 Å². The monoisotopic (exact) mass is 262 g/mol. The molecule has 3 nitrogen and oxygen atoms in total. The molecule has 0 spiro atoms. The van der Waals surface area contributed by atoms with E-state index in [-0.39, 0.29) is 29.1 Å². The molecule has 2 unspecified atom stereocenters. The first-order valence-electron chi connectivity index (χ1n) is 6.82. The summed E-state index contributed by atoms with van der Waals surface area (Å²) in [6.45, 7) is 5.77. The van der Waals surface area contributed by atoms with Gasteiger partial charge in [-0.05, 0) is 31.2 Å². The van der Waals surface area contributed by atoms with Crippen molar-refractivity contribution in [2.75, 3.05) is 18.0 Å². The fourth-order valence-electron chi connectivity index (χ4n) is 3.44. The first kappa shape index (κ1) is 12.6. The molecule has 0 radical (unpaired) electrons. The summed E-state index contributed by atoms with van der Waals surface area (Å²) < 4.78 is 13.4. The van der Waals surface area contributed by atoms with Gasteiger partial charge in [0.1, 0.15) is 5.82 Å². The van der Waals surface area contributed by atoms with Gasteiger partial charge in [0, 0.05) is 24.2 Å². The van der Waals surface area contributed by atoms with Crippen molar-refractivity contribution >= 4 is 11.6 Å². The van der Waals surface area contributed by atoms with E-state index in [9.17, 15) is 9.18 Å². The molecule has 2 atom stereocenters. The van der Waals surface area contributed by atoms with Crippen molar-refractivity contribution in [1.29, 1.82) is 0 Å². The number of nitrogens with one attached hydrogen (secondary N) is 1. The van der Waals surface area contributed by atoms with Gasteiger partial charge in [-0.3, -0.25) is 4.79 Å². The lowest BCUT2D eigenvalue weighted by atomic mass is 9.76. The van der Waals surface area contributed by atoms with Crippen LogP contribution >= 0.6 is 0 Å². The molecular weight excluding hydrogens is 243 g/mol. The van der Waals surface area contributed by atoms with Crippen molar-refractivity contribution in [3.63, 3.8) is 0 Å². The standard InChI is InChI=1S/C15H19FN2O/c1-15(2)12-9-17-7-6-13(12)18(14(15)19)11-5-3-4-10(16)8-11/h3-5,8,12-13,17H,6-7,9H2,1-2H3. The molecule has 3 rings (SSSR count). The van der Waals surface area contributed by atoms with Crippen LogP contribution in [0.2, 0.25) is 0 Å². The van der Waals surface area contributed by atoms with Gasteiger partial charge in [-0.25, -0.2) is 4.39 Å². The minimum Gasteiger partial charge on any atom is -0.316 e. The zero-order chi connectivity index (χ0) is 13.6. The number of carbonyl (C=O) groups excluding carboxylic acids is 1. The van der Waals surface area contributed by atoms with Crippen molar-refractivity contribution in [1.82, 2.24) is 5.32 Å². The number of amides is 1. The Morgan fingerprint density at radius 1 is 1.42 bits per heavy atom. The molecule has 102 valence electrons. The van der Waals surface area contributed by atoms with Gasteiger partial charge in [0.05, 0.1) is 5.41 Å². The maximum Gasteiger partial charge on any atom is 0.233 e. The molecule has 1 aromatic rings. The van der Waals surface area contributed by atoms with Crippen LogP contribution in [0.25, 0.3) is 0 Å². The quantitative estimate of drug-likeness (QED) is 0.841. The van der Waals surface area contributed by atoms with Crippen LogP contribution in [0, 0.1) is 17.2 Å². The summed E-state index contributed by atoms with van der Waals surface area (Å²) >= 11 is 0. The van der Waals surface area contributed by atoms with Crippen molar-refractivity contribution in [3.8, 4) is 0 Å². The highest BCUT2D eigenvalue weighted by atomic mass is 19.1. The Morgan fingerprint density at radius 2 is 2.21 bits per heavy atom. The Kier molecular flexibility index (Phi) is 2.86. The molecule has 0 aliphatic carbocycles. The Hall–Kier alpha value is -1.42. The van der Waals surface area contributed by atoms with Gasteiger partial charge < -0.3 is 10.2 Å². The number of carbonyl (C=O) groups is 1. The van der Waals surface area contributed by atoms with Gasteiger partial charge in [-0.15, -0.1) is 0 Å². The second kappa shape index (κ2) is 4.30. The van der Waals surface area contributed by atoms with E-state index >= 15 is 0 Å². The van der Waals surface area contributed by atoms with E-state index in [4.69, 9.17) is 0 Å². The fourth-order valence-corrected chi connectivity index (χ4v) is 3.44. The van der Waals surface area contributed by atoms with Gasteiger partial charge in [-0.2, -0.15) is 0 Å². The number of hydrogen-bond donors (Lipinski definition) is 1. The van der Waals surface area contributed by atoms with Crippen LogP contribution in [0.1, 0.15) is 20.3 Å². The molecule has 0 bridgehead atoms. The fraction of sp³-hybridized carbons (Fsp3) is 0.533. The smallest absolute Gasteiger partial charge is 0.233 e. The predicted molar refractivity (Wildman–Crippen MR) is 72.4 cm³/mol. The summed E-state index contributed by atoms with van der Waals surface area (Å²) in [5.41, 5.74) is 0.303. The summed E-state index contributed by atoms with van der Waals surface area (Å²) in [6, 6.07) is 6.54. The molecule has 2 fully saturated rings.